The predicted octanol–water partition coefficient (Wildman–Crippen LogP) is 2.05. The predicted molar refractivity (Wildman–Crippen MR) is 49.6 cm³/mol. The summed E-state index contributed by atoms with van der Waals surface area (Å²) in [6.45, 7) is 0. The molecule has 0 aliphatic carbocycles. The Morgan fingerprint density at radius 1 is 1.38 bits per heavy atom. The summed E-state index contributed by atoms with van der Waals surface area (Å²) >= 11 is 0. The Labute approximate surface area is 75.6 Å². The zero-order chi connectivity index (χ0) is 9.26. The number of H-pyrrole nitrogens is 1. The van der Waals surface area contributed by atoms with Gasteiger partial charge in [-0.1, -0.05) is 6.07 Å². The zero-order valence-electron chi connectivity index (χ0n) is 7.16. The van der Waals surface area contributed by atoms with Gasteiger partial charge in [-0.05, 0) is 12.1 Å². The van der Waals surface area contributed by atoms with Crippen molar-refractivity contribution in [3.8, 4) is 11.8 Å². The quantitative estimate of drug-likeness (QED) is 0.715. The molecule has 0 radical (unpaired) electrons. The van der Waals surface area contributed by atoms with Crippen molar-refractivity contribution in [3.05, 3.63) is 30.0 Å². The second-order valence-electron chi connectivity index (χ2n) is 2.70. The summed E-state index contributed by atoms with van der Waals surface area (Å²) in [6, 6.07) is 7.68. The van der Waals surface area contributed by atoms with E-state index in [-0.39, 0.29) is 0 Å². The topological polar surface area (TPSA) is 48.8 Å². The highest BCUT2D eigenvalue weighted by Crippen LogP contribution is 2.27. The number of fused-ring (bicyclic) bond motifs is 1. The summed E-state index contributed by atoms with van der Waals surface area (Å²) in [5.41, 5.74) is 1.43. The minimum atomic E-state index is 0.553. The van der Waals surface area contributed by atoms with E-state index in [1.165, 1.54) is 0 Å². The van der Waals surface area contributed by atoms with Gasteiger partial charge in [-0.25, -0.2) is 0 Å². The van der Waals surface area contributed by atoms with Crippen LogP contribution in [0, 0.1) is 11.3 Å². The number of nitrogens with one attached hydrogen (secondary N) is 1. The number of nitriles is 1. The molecule has 0 saturated carbocycles. The van der Waals surface area contributed by atoms with Crippen LogP contribution >= 0.6 is 0 Å². The molecule has 1 aromatic heterocycles. The van der Waals surface area contributed by atoms with Crippen LogP contribution < -0.4 is 4.74 Å². The van der Waals surface area contributed by atoms with Crippen LogP contribution in [0.15, 0.2) is 24.4 Å². The molecule has 0 amide bonds. The van der Waals surface area contributed by atoms with Crippen molar-refractivity contribution in [3.63, 3.8) is 0 Å². The Kier molecular flexibility index (Phi) is 1.67. The number of aromatic nitrogens is 1. The first-order valence-electron chi connectivity index (χ1n) is 3.91. The fourth-order valence-corrected chi connectivity index (χ4v) is 1.40. The molecule has 0 aliphatic rings. The Bertz CT molecular complexity index is 479. The van der Waals surface area contributed by atoms with Gasteiger partial charge in [0, 0.05) is 11.6 Å². The first-order chi connectivity index (χ1) is 6.36. The van der Waals surface area contributed by atoms with E-state index in [0.29, 0.717) is 11.3 Å². The first-order valence-corrected chi connectivity index (χ1v) is 3.91. The van der Waals surface area contributed by atoms with E-state index in [1.807, 2.05) is 18.3 Å². The van der Waals surface area contributed by atoms with Crippen molar-refractivity contribution < 1.29 is 4.74 Å². The smallest absolute Gasteiger partial charge is 0.160 e. The van der Waals surface area contributed by atoms with Crippen LogP contribution in [0.3, 0.4) is 0 Å². The molecule has 1 aromatic carbocycles. The van der Waals surface area contributed by atoms with Crippen LogP contribution in [0.5, 0.6) is 5.75 Å². The molecule has 13 heavy (non-hydrogen) atoms. The van der Waals surface area contributed by atoms with Gasteiger partial charge in [0.15, 0.2) is 5.75 Å². The Morgan fingerprint density at radius 2 is 2.23 bits per heavy atom. The van der Waals surface area contributed by atoms with E-state index in [1.54, 1.807) is 13.2 Å². The van der Waals surface area contributed by atoms with Gasteiger partial charge < -0.3 is 9.72 Å². The molecule has 0 spiro atoms. The molecule has 3 nitrogen and oxygen atoms in total. The van der Waals surface area contributed by atoms with E-state index in [9.17, 15) is 0 Å². The van der Waals surface area contributed by atoms with E-state index in [2.05, 4.69) is 11.1 Å². The Balaban J connectivity index is 2.84. The van der Waals surface area contributed by atoms with Gasteiger partial charge in [0.05, 0.1) is 18.2 Å². The number of hydrogen-bond acceptors (Lipinski definition) is 2. The molecular weight excluding hydrogens is 164 g/mol. The first kappa shape index (κ1) is 7.69. The van der Waals surface area contributed by atoms with Crippen molar-refractivity contribution in [2.45, 2.75) is 0 Å². The molecule has 0 aliphatic heterocycles. The van der Waals surface area contributed by atoms with Crippen molar-refractivity contribution in [2.75, 3.05) is 7.11 Å². The van der Waals surface area contributed by atoms with Crippen LogP contribution in [0.1, 0.15) is 5.56 Å². The molecule has 0 unspecified atom stereocenters. The fraction of sp³-hybridized carbons (Fsp3) is 0.100. The third-order valence-electron chi connectivity index (χ3n) is 2.01. The maximum absolute atomic E-state index is 8.80. The molecule has 1 N–H and O–H groups in total. The van der Waals surface area contributed by atoms with Crippen molar-refractivity contribution in [1.29, 1.82) is 5.26 Å². The number of methoxy groups -OCH3 is 1. The van der Waals surface area contributed by atoms with E-state index >= 15 is 0 Å². The fourth-order valence-electron chi connectivity index (χ4n) is 1.40. The van der Waals surface area contributed by atoms with Crippen molar-refractivity contribution in [1.82, 2.24) is 4.98 Å². The SMILES string of the molecule is COc1c(C#N)ccc2cc[nH]c12. The maximum Gasteiger partial charge on any atom is 0.160 e. The lowest BCUT2D eigenvalue weighted by Crippen LogP contribution is -1.88. The molecular formula is C10H8N2O. The highest BCUT2D eigenvalue weighted by Gasteiger charge is 2.07. The lowest BCUT2D eigenvalue weighted by Gasteiger charge is -2.02. The van der Waals surface area contributed by atoms with Crippen LogP contribution in [-0.2, 0) is 0 Å². The highest BCUT2D eigenvalue weighted by atomic mass is 16.5. The molecule has 0 saturated heterocycles. The summed E-state index contributed by atoms with van der Waals surface area (Å²) in [7, 11) is 1.57. The van der Waals surface area contributed by atoms with Crippen LogP contribution in [0.4, 0.5) is 0 Å². The minimum Gasteiger partial charge on any atom is -0.493 e. The summed E-state index contributed by atoms with van der Waals surface area (Å²) in [4.78, 5) is 3.04. The van der Waals surface area contributed by atoms with E-state index in [4.69, 9.17) is 10.00 Å². The lowest BCUT2D eigenvalue weighted by atomic mass is 10.1. The van der Waals surface area contributed by atoms with Crippen LogP contribution in [0.25, 0.3) is 10.9 Å². The normalized spacial score (nSPS) is 9.85. The molecule has 0 bridgehead atoms. The maximum atomic E-state index is 8.80. The van der Waals surface area contributed by atoms with Gasteiger partial charge in [0.2, 0.25) is 0 Å². The number of ether oxygens (including phenoxy) is 1. The molecule has 1 heterocycles. The van der Waals surface area contributed by atoms with Crippen LogP contribution in [-0.4, -0.2) is 12.1 Å². The number of benzene rings is 1. The second-order valence-corrected chi connectivity index (χ2v) is 2.70. The van der Waals surface area contributed by atoms with E-state index in [0.717, 1.165) is 10.9 Å². The summed E-state index contributed by atoms with van der Waals surface area (Å²) in [6.07, 6.45) is 1.83. The second kappa shape index (κ2) is 2.83. The van der Waals surface area contributed by atoms with E-state index < -0.39 is 0 Å². The van der Waals surface area contributed by atoms with Gasteiger partial charge in [-0.3, -0.25) is 0 Å². The third-order valence-corrected chi connectivity index (χ3v) is 2.01. The lowest BCUT2D eigenvalue weighted by molar-refractivity contribution is 0.417. The number of rotatable bonds is 1. The standard InChI is InChI=1S/C10H8N2O/c1-13-10-8(6-11)3-2-7-4-5-12-9(7)10/h2-5,12H,1H3. The average Bonchev–Trinajstić information content (AvgIpc) is 2.63. The molecule has 64 valence electrons. The van der Waals surface area contributed by atoms with Gasteiger partial charge in [-0.2, -0.15) is 5.26 Å². The molecule has 0 atom stereocenters. The van der Waals surface area contributed by atoms with Crippen molar-refractivity contribution in [2.24, 2.45) is 0 Å². The Hall–Kier alpha value is -1.95. The van der Waals surface area contributed by atoms with Gasteiger partial charge >= 0.3 is 0 Å². The van der Waals surface area contributed by atoms with Crippen molar-refractivity contribution >= 4 is 10.9 Å². The zero-order valence-corrected chi connectivity index (χ0v) is 7.16. The Morgan fingerprint density at radius 3 is 2.92 bits per heavy atom. The van der Waals surface area contributed by atoms with Gasteiger partial charge in [0.1, 0.15) is 6.07 Å². The largest absolute Gasteiger partial charge is 0.493 e. The van der Waals surface area contributed by atoms with Gasteiger partial charge in [0.25, 0.3) is 0 Å². The number of aromatic amines is 1. The number of hydrogen-bond donors (Lipinski definition) is 1. The third kappa shape index (κ3) is 1.04. The molecule has 0 fully saturated rings. The summed E-state index contributed by atoms with van der Waals surface area (Å²) in [5, 5.41) is 9.85. The molecule has 2 rings (SSSR count). The van der Waals surface area contributed by atoms with Gasteiger partial charge in [-0.15, -0.1) is 0 Å². The summed E-state index contributed by atoms with van der Waals surface area (Å²) < 4.78 is 5.15. The monoisotopic (exact) mass is 172 g/mol. The summed E-state index contributed by atoms with van der Waals surface area (Å²) in [5.74, 6) is 0.616. The number of nitrogens with zero attached hydrogens (tertiary/aromatic N) is 1. The molecule has 3 heteroatoms. The minimum absolute atomic E-state index is 0.553. The van der Waals surface area contributed by atoms with Crippen LogP contribution in [0.2, 0.25) is 0 Å². The highest BCUT2D eigenvalue weighted by molar-refractivity contribution is 5.87. The average molecular weight is 172 g/mol. The molecule has 2 aromatic rings.